The Bertz CT molecular complexity index is 671. The first-order valence-electron chi connectivity index (χ1n) is 6.99. The molecule has 2 aromatic rings. The second-order valence-electron chi connectivity index (χ2n) is 4.87. The number of ether oxygens (including phenoxy) is 2. The van der Waals surface area contributed by atoms with Crippen LogP contribution in [-0.4, -0.2) is 36.4 Å². The molecule has 0 bridgehead atoms. The highest BCUT2D eigenvalue weighted by molar-refractivity contribution is 5.89. The number of carbonyl (C=O) groups excluding carboxylic acids is 2. The number of aliphatic hydroxyl groups is 1. The van der Waals surface area contributed by atoms with Gasteiger partial charge in [-0.15, -0.1) is 0 Å². The number of benzene rings is 2. The summed E-state index contributed by atoms with van der Waals surface area (Å²) >= 11 is 0. The van der Waals surface area contributed by atoms with Crippen molar-refractivity contribution in [2.45, 2.75) is 6.10 Å². The summed E-state index contributed by atoms with van der Waals surface area (Å²) in [5, 5.41) is 9.65. The van der Waals surface area contributed by atoms with Crippen molar-refractivity contribution in [2.75, 3.05) is 13.2 Å². The quantitative estimate of drug-likeness (QED) is 0.820. The van der Waals surface area contributed by atoms with Crippen LogP contribution in [0.25, 0.3) is 0 Å². The van der Waals surface area contributed by atoms with Crippen molar-refractivity contribution in [1.29, 1.82) is 0 Å². The lowest BCUT2D eigenvalue weighted by Gasteiger charge is -2.12. The molecule has 0 heterocycles. The van der Waals surface area contributed by atoms with Crippen LogP contribution in [0.15, 0.2) is 48.5 Å². The average molecular weight is 336 g/mol. The van der Waals surface area contributed by atoms with E-state index in [0.29, 0.717) is 0 Å². The third-order valence-electron chi connectivity index (χ3n) is 2.93. The monoisotopic (exact) mass is 336 g/mol. The molecule has 24 heavy (non-hydrogen) atoms. The molecule has 0 fully saturated rings. The van der Waals surface area contributed by atoms with E-state index >= 15 is 0 Å². The summed E-state index contributed by atoms with van der Waals surface area (Å²) in [5.41, 5.74) is -0.00193. The Morgan fingerprint density at radius 1 is 0.875 bits per heavy atom. The van der Waals surface area contributed by atoms with Gasteiger partial charge in [-0.25, -0.2) is 18.4 Å². The number of rotatable bonds is 6. The van der Waals surface area contributed by atoms with Gasteiger partial charge in [-0.3, -0.25) is 0 Å². The summed E-state index contributed by atoms with van der Waals surface area (Å²) < 4.78 is 35.6. The lowest BCUT2D eigenvalue weighted by Crippen LogP contribution is -2.25. The van der Waals surface area contributed by atoms with Crippen LogP contribution in [0, 0.1) is 11.6 Å². The van der Waals surface area contributed by atoms with Gasteiger partial charge in [-0.05, 0) is 36.4 Å². The largest absolute Gasteiger partial charge is 0.459 e. The van der Waals surface area contributed by atoms with E-state index in [2.05, 4.69) is 0 Å². The molecule has 0 aliphatic rings. The van der Waals surface area contributed by atoms with Crippen LogP contribution in [0.2, 0.25) is 0 Å². The van der Waals surface area contributed by atoms with Gasteiger partial charge < -0.3 is 14.6 Å². The van der Waals surface area contributed by atoms with Gasteiger partial charge in [0.15, 0.2) is 0 Å². The van der Waals surface area contributed by atoms with E-state index in [1.165, 1.54) is 36.4 Å². The summed E-state index contributed by atoms with van der Waals surface area (Å²) in [6, 6.07) is 9.78. The number of aliphatic hydroxyl groups excluding tert-OH is 1. The fraction of sp³-hybridized carbons (Fsp3) is 0.176. The number of hydrogen-bond acceptors (Lipinski definition) is 5. The highest BCUT2D eigenvalue weighted by Gasteiger charge is 2.15. The van der Waals surface area contributed by atoms with Gasteiger partial charge in [0.2, 0.25) is 0 Å². The van der Waals surface area contributed by atoms with Crippen LogP contribution in [0.3, 0.4) is 0 Å². The summed E-state index contributed by atoms with van der Waals surface area (Å²) in [7, 11) is 0. The average Bonchev–Trinajstić information content (AvgIpc) is 2.57. The molecule has 2 aromatic carbocycles. The Morgan fingerprint density at radius 2 is 1.29 bits per heavy atom. The second-order valence-corrected chi connectivity index (χ2v) is 4.87. The summed E-state index contributed by atoms with van der Waals surface area (Å²) in [6.07, 6.45) is -1.26. The van der Waals surface area contributed by atoms with Crippen LogP contribution < -0.4 is 0 Å². The first-order chi connectivity index (χ1) is 11.5. The molecular formula is C17H14F2O5. The van der Waals surface area contributed by atoms with E-state index in [4.69, 9.17) is 9.47 Å². The number of esters is 2. The van der Waals surface area contributed by atoms with Crippen molar-refractivity contribution in [2.24, 2.45) is 0 Å². The van der Waals surface area contributed by atoms with Crippen molar-refractivity contribution >= 4 is 11.9 Å². The molecule has 0 unspecified atom stereocenters. The van der Waals surface area contributed by atoms with Gasteiger partial charge in [0.1, 0.15) is 31.0 Å². The topological polar surface area (TPSA) is 72.8 Å². The third-order valence-corrected chi connectivity index (χ3v) is 2.93. The lowest BCUT2D eigenvalue weighted by atomic mass is 10.2. The van der Waals surface area contributed by atoms with E-state index in [1.807, 2.05) is 0 Å². The van der Waals surface area contributed by atoms with Gasteiger partial charge in [0, 0.05) is 0 Å². The van der Waals surface area contributed by atoms with Crippen molar-refractivity contribution in [3.8, 4) is 0 Å². The minimum atomic E-state index is -1.26. The molecular weight excluding hydrogens is 322 g/mol. The smallest absolute Gasteiger partial charge is 0.338 e. The number of halogens is 2. The van der Waals surface area contributed by atoms with Gasteiger partial charge in [-0.1, -0.05) is 12.1 Å². The van der Waals surface area contributed by atoms with Crippen LogP contribution in [-0.2, 0) is 9.47 Å². The van der Waals surface area contributed by atoms with Crippen molar-refractivity contribution in [3.63, 3.8) is 0 Å². The second kappa shape index (κ2) is 8.16. The zero-order chi connectivity index (χ0) is 17.5. The van der Waals surface area contributed by atoms with Crippen LogP contribution >= 0.6 is 0 Å². The maximum Gasteiger partial charge on any atom is 0.338 e. The highest BCUT2D eigenvalue weighted by atomic mass is 19.1. The van der Waals surface area contributed by atoms with Gasteiger partial charge in [-0.2, -0.15) is 0 Å². The first kappa shape index (κ1) is 17.6. The number of hydrogen-bond donors (Lipinski definition) is 1. The normalized spacial score (nSPS) is 10.5. The molecule has 5 nitrogen and oxygen atoms in total. The van der Waals surface area contributed by atoms with Gasteiger partial charge in [0.05, 0.1) is 11.1 Å². The predicted molar refractivity (Wildman–Crippen MR) is 79.4 cm³/mol. The Morgan fingerprint density at radius 3 is 1.67 bits per heavy atom. The Balaban J connectivity index is 1.78. The lowest BCUT2D eigenvalue weighted by molar-refractivity contribution is -0.00473. The van der Waals surface area contributed by atoms with E-state index in [0.717, 1.165) is 12.1 Å². The fourth-order valence-electron chi connectivity index (χ4n) is 1.79. The predicted octanol–water partition coefficient (Wildman–Crippen LogP) is 2.34. The van der Waals surface area contributed by atoms with Crippen LogP contribution in [0.5, 0.6) is 0 Å². The molecule has 0 aromatic heterocycles. The minimum Gasteiger partial charge on any atom is -0.459 e. The maximum atomic E-state index is 13.0. The van der Waals surface area contributed by atoms with E-state index in [9.17, 15) is 23.5 Å². The number of carbonyl (C=O) groups is 2. The Labute approximate surface area is 136 Å². The Hall–Kier alpha value is -2.80. The molecule has 0 saturated heterocycles. The van der Waals surface area contributed by atoms with Gasteiger partial charge >= 0.3 is 11.9 Å². The van der Waals surface area contributed by atoms with Crippen LogP contribution in [0.4, 0.5) is 8.78 Å². The van der Waals surface area contributed by atoms with E-state index < -0.39 is 42.9 Å². The van der Waals surface area contributed by atoms with Crippen molar-refractivity contribution in [1.82, 2.24) is 0 Å². The summed E-state index contributed by atoms with van der Waals surface area (Å²) in [4.78, 5) is 23.3. The minimum absolute atomic E-state index is 0.000967. The third kappa shape index (κ3) is 5.13. The zero-order valence-electron chi connectivity index (χ0n) is 12.4. The molecule has 0 saturated carbocycles. The van der Waals surface area contributed by atoms with Crippen molar-refractivity contribution in [3.05, 3.63) is 71.3 Å². The molecule has 0 radical (unpaired) electrons. The standard InChI is InChI=1S/C17H14F2O5/c18-13-5-1-3-11(7-13)16(21)23-9-15(20)10-24-17(22)12-4-2-6-14(19)8-12/h1-8,15,20H,9-10H2. The summed E-state index contributed by atoms with van der Waals surface area (Å²) in [5.74, 6) is -2.81. The SMILES string of the molecule is O=C(OCC(O)COC(=O)c1cccc(F)c1)c1cccc(F)c1. The fourth-order valence-corrected chi connectivity index (χ4v) is 1.79. The molecule has 126 valence electrons. The highest BCUT2D eigenvalue weighted by Crippen LogP contribution is 2.07. The molecule has 0 amide bonds. The van der Waals surface area contributed by atoms with Crippen molar-refractivity contribution < 1.29 is 33.0 Å². The molecule has 0 aliphatic heterocycles. The summed E-state index contributed by atoms with van der Waals surface area (Å²) in [6.45, 7) is -0.877. The Kier molecular flexibility index (Phi) is 5.97. The van der Waals surface area contributed by atoms with Gasteiger partial charge in [0.25, 0.3) is 0 Å². The van der Waals surface area contributed by atoms with Crippen LogP contribution in [0.1, 0.15) is 20.7 Å². The molecule has 0 aliphatic carbocycles. The molecule has 0 spiro atoms. The molecule has 0 atom stereocenters. The molecule has 2 rings (SSSR count). The maximum absolute atomic E-state index is 13.0. The van der Waals surface area contributed by atoms with E-state index in [1.54, 1.807) is 0 Å². The first-order valence-corrected chi connectivity index (χ1v) is 6.99. The zero-order valence-corrected chi connectivity index (χ0v) is 12.4. The molecule has 7 heteroatoms. The van der Waals surface area contributed by atoms with E-state index in [-0.39, 0.29) is 11.1 Å². The molecule has 1 N–H and O–H groups in total.